The molecule has 1 aromatic heterocycles. The highest BCUT2D eigenvalue weighted by molar-refractivity contribution is 6.08. The molecule has 0 N–H and O–H groups in total. The molecule has 0 saturated carbocycles. The number of nitrogens with zero attached hydrogens (tertiary/aromatic N) is 1. The van der Waals surface area contributed by atoms with Gasteiger partial charge in [-0.1, -0.05) is 36.4 Å². The van der Waals surface area contributed by atoms with Gasteiger partial charge in [0.2, 0.25) is 0 Å². The van der Waals surface area contributed by atoms with Crippen LogP contribution in [0.2, 0.25) is 0 Å². The Labute approximate surface area is 145 Å². The zero-order valence-electron chi connectivity index (χ0n) is 14.0. The van der Waals surface area contributed by atoms with Gasteiger partial charge >= 0.3 is 5.97 Å². The highest BCUT2D eigenvalue weighted by Crippen LogP contribution is 2.34. The summed E-state index contributed by atoms with van der Waals surface area (Å²) in [4.78, 5) is 12.2. The molecule has 0 bridgehead atoms. The third kappa shape index (κ3) is 2.54. The molecular formula is C21H18FNO2. The van der Waals surface area contributed by atoms with Gasteiger partial charge in [-0.3, -0.25) is 0 Å². The molecule has 126 valence electrons. The van der Waals surface area contributed by atoms with Gasteiger partial charge in [0.1, 0.15) is 5.82 Å². The third-order valence-electron chi connectivity index (χ3n) is 4.76. The van der Waals surface area contributed by atoms with Crippen molar-refractivity contribution in [3.8, 4) is 0 Å². The van der Waals surface area contributed by atoms with Crippen LogP contribution in [-0.4, -0.2) is 17.6 Å². The monoisotopic (exact) mass is 335 g/mol. The third-order valence-corrected chi connectivity index (χ3v) is 4.76. The molecular weight excluding hydrogens is 317 g/mol. The van der Waals surface area contributed by atoms with Gasteiger partial charge in [0.05, 0.1) is 24.7 Å². The number of aromatic nitrogens is 1. The van der Waals surface area contributed by atoms with Crippen LogP contribution < -0.4 is 0 Å². The van der Waals surface area contributed by atoms with Gasteiger partial charge in [-0.05, 0) is 31.0 Å². The van der Waals surface area contributed by atoms with Crippen LogP contribution in [-0.2, 0) is 17.7 Å². The summed E-state index contributed by atoms with van der Waals surface area (Å²) in [5.41, 5.74) is 4.30. The van der Waals surface area contributed by atoms with Crippen LogP contribution in [0.3, 0.4) is 0 Å². The minimum atomic E-state index is -0.351. The molecule has 1 aliphatic carbocycles. The van der Waals surface area contributed by atoms with E-state index in [0.29, 0.717) is 17.7 Å². The fraction of sp³-hybridized carbons (Fsp3) is 0.190. The first kappa shape index (κ1) is 15.6. The van der Waals surface area contributed by atoms with Crippen LogP contribution >= 0.6 is 0 Å². The summed E-state index contributed by atoms with van der Waals surface area (Å²) in [5, 5.41) is 0.886. The fourth-order valence-electron chi connectivity index (χ4n) is 3.61. The highest BCUT2D eigenvalue weighted by atomic mass is 19.1. The Morgan fingerprint density at radius 1 is 1.20 bits per heavy atom. The van der Waals surface area contributed by atoms with E-state index in [2.05, 4.69) is 16.7 Å². The van der Waals surface area contributed by atoms with E-state index < -0.39 is 0 Å². The zero-order valence-corrected chi connectivity index (χ0v) is 14.0. The second-order valence-corrected chi connectivity index (χ2v) is 6.17. The summed E-state index contributed by atoms with van der Waals surface area (Å²) in [6.07, 6.45) is 5.98. The van der Waals surface area contributed by atoms with Gasteiger partial charge in [0.25, 0.3) is 0 Å². The van der Waals surface area contributed by atoms with Gasteiger partial charge in [-0.25, -0.2) is 9.18 Å². The van der Waals surface area contributed by atoms with E-state index in [-0.39, 0.29) is 11.8 Å². The molecule has 0 amide bonds. The number of allylic oxidation sites excluding steroid dienone is 1. The molecule has 3 aromatic rings. The number of benzene rings is 2. The smallest absolute Gasteiger partial charge is 0.338 e. The Hall–Kier alpha value is -2.88. The van der Waals surface area contributed by atoms with E-state index in [1.807, 2.05) is 18.2 Å². The van der Waals surface area contributed by atoms with Crippen LogP contribution in [0.1, 0.15) is 33.6 Å². The summed E-state index contributed by atoms with van der Waals surface area (Å²) < 4.78 is 21.2. The van der Waals surface area contributed by atoms with Crippen LogP contribution in [0.15, 0.2) is 48.5 Å². The Balaban J connectivity index is 1.97. The lowest BCUT2D eigenvalue weighted by Gasteiger charge is -2.13. The van der Waals surface area contributed by atoms with Crippen LogP contribution in [0, 0.1) is 5.82 Å². The topological polar surface area (TPSA) is 31.2 Å². The van der Waals surface area contributed by atoms with Crippen molar-refractivity contribution in [2.75, 3.05) is 7.11 Å². The Morgan fingerprint density at radius 2 is 2.04 bits per heavy atom. The number of carbonyl (C=O) groups is 1. The lowest BCUT2D eigenvalue weighted by Crippen LogP contribution is -2.07. The molecule has 1 aliphatic rings. The summed E-state index contributed by atoms with van der Waals surface area (Å²) in [6.45, 7) is 0.441. The van der Waals surface area contributed by atoms with Crippen LogP contribution in [0.4, 0.5) is 4.39 Å². The summed E-state index contributed by atoms with van der Waals surface area (Å²) in [5.74, 6) is -0.566. The highest BCUT2D eigenvalue weighted by Gasteiger charge is 2.22. The Bertz CT molecular complexity index is 1000. The van der Waals surface area contributed by atoms with E-state index in [1.165, 1.54) is 13.2 Å². The largest absolute Gasteiger partial charge is 0.465 e. The molecule has 0 fully saturated rings. The molecule has 0 unspecified atom stereocenters. The standard InChI is InChI=1S/C21H18FNO2/c1-25-21(24)16-9-6-12-19-20(16)15-8-3-5-11-18(15)23(19)13-14-7-2-4-10-17(14)22/h2-4,6-10,12H,5,11,13H2,1H3. The van der Waals surface area contributed by atoms with Crippen molar-refractivity contribution in [3.63, 3.8) is 0 Å². The van der Waals surface area contributed by atoms with Gasteiger partial charge in [0, 0.05) is 22.2 Å². The number of halogens is 1. The molecule has 25 heavy (non-hydrogen) atoms. The maximum absolute atomic E-state index is 14.2. The van der Waals surface area contributed by atoms with Gasteiger partial charge < -0.3 is 9.30 Å². The van der Waals surface area contributed by atoms with Crippen molar-refractivity contribution in [2.45, 2.75) is 19.4 Å². The van der Waals surface area contributed by atoms with Crippen molar-refractivity contribution in [1.82, 2.24) is 4.57 Å². The molecule has 4 rings (SSSR count). The lowest BCUT2D eigenvalue weighted by molar-refractivity contribution is 0.0603. The van der Waals surface area contributed by atoms with E-state index >= 15 is 0 Å². The number of fused-ring (bicyclic) bond motifs is 3. The molecule has 0 radical (unpaired) electrons. The maximum Gasteiger partial charge on any atom is 0.338 e. The number of hydrogen-bond donors (Lipinski definition) is 0. The Kier molecular flexibility index (Phi) is 3.88. The average molecular weight is 335 g/mol. The molecule has 3 nitrogen and oxygen atoms in total. The first-order valence-corrected chi connectivity index (χ1v) is 8.33. The normalized spacial score (nSPS) is 13.0. The predicted octanol–water partition coefficient (Wildman–Crippen LogP) is 4.57. The molecule has 0 saturated heterocycles. The maximum atomic E-state index is 14.2. The fourth-order valence-corrected chi connectivity index (χ4v) is 3.61. The number of ether oxygens (including phenoxy) is 1. The SMILES string of the molecule is COC(=O)c1cccc2c1c1c(n2Cc2ccccc2F)CCC=C1. The molecule has 4 heteroatoms. The van der Waals surface area contributed by atoms with Gasteiger partial charge in [0.15, 0.2) is 0 Å². The first-order valence-electron chi connectivity index (χ1n) is 8.33. The Morgan fingerprint density at radius 3 is 2.84 bits per heavy atom. The molecule has 0 atom stereocenters. The minimum Gasteiger partial charge on any atom is -0.465 e. The van der Waals surface area contributed by atoms with E-state index in [9.17, 15) is 9.18 Å². The zero-order chi connectivity index (χ0) is 17.4. The molecule has 2 aromatic carbocycles. The molecule has 0 spiro atoms. The minimum absolute atomic E-state index is 0.214. The van der Waals surface area contributed by atoms with Crippen molar-refractivity contribution in [1.29, 1.82) is 0 Å². The second kappa shape index (κ2) is 6.20. The van der Waals surface area contributed by atoms with Gasteiger partial charge in [-0.15, -0.1) is 0 Å². The number of rotatable bonds is 3. The van der Waals surface area contributed by atoms with E-state index in [4.69, 9.17) is 4.74 Å². The average Bonchev–Trinajstić information content (AvgIpc) is 2.97. The summed E-state index contributed by atoms with van der Waals surface area (Å²) >= 11 is 0. The van der Waals surface area contributed by atoms with Crippen molar-refractivity contribution >= 4 is 22.9 Å². The van der Waals surface area contributed by atoms with Crippen molar-refractivity contribution in [3.05, 3.63) is 76.7 Å². The van der Waals surface area contributed by atoms with Crippen molar-refractivity contribution < 1.29 is 13.9 Å². The van der Waals surface area contributed by atoms with Crippen LogP contribution in [0.25, 0.3) is 17.0 Å². The summed E-state index contributed by atoms with van der Waals surface area (Å²) in [6, 6.07) is 12.4. The van der Waals surface area contributed by atoms with Crippen LogP contribution in [0.5, 0.6) is 0 Å². The first-order chi connectivity index (χ1) is 12.2. The molecule has 1 heterocycles. The number of carbonyl (C=O) groups excluding carboxylic acids is 1. The number of methoxy groups -OCH3 is 1. The van der Waals surface area contributed by atoms with Crippen molar-refractivity contribution in [2.24, 2.45) is 0 Å². The number of hydrogen-bond acceptors (Lipinski definition) is 2. The van der Waals surface area contributed by atoms with E-state index in [0.717, 1.165) is 35.0 Å². The van der Waals surface area contributed by atoms with E-state index in [1.54, 1.807) is 18.2 Å². The number of esters is 1. The second-order valence-electron chi connectivity index (χ2n) is 6.17. The molecule has 0 aliphatic heterocycles. The predicted molar refractivity (Wildman–Crippen MR) is 96.1 cm³/mol. The quantitative estimate of drug-likeness (QED) is 0.656. The van der Waals surface area contributed by atoms with Gasteiger partial charge in [-0.2, -0.15) is 0 Å². The summed E-state index contributed by atoms with van der Waals surface area (Å²) in [7, 11) is 1.39. The lowest BCUT2D eigenvalue weighted by atomic mass is 9.99.